The minimum Gasteiger partial charge on any atom is -0.399 e. The zero-order chi connectivity index (χ0) is 10.6. The number of rotatable bonds is 3. The van der Waals surface area contributed by atoms with Crippen LogP contribution >= 0.6 is 0 Å². The Morgan fingerprint density at radius 2 is 1.79 bits per heavy atom. The van der Waals surface area contributed by atoms with Gasteiger partial charge in [0.1, 0.15) is 7.11 Å². The Kier molecular flexibility index (Phi) is 3.69. The second kappa shape index (κ2) is 4.80. The summed E-state index contributed by atoms with van der Waals surface area (Å²) in [6.45, 7) is 6.31. The summed E-state index contributed by atoms with van der Waals surface area (Å²) in [5, 5.41) is 3.89. The Hall–Kier alpha value is -1.31. The highest BCUT2D eigenvalue weighted by Crippen LogP contribution is 2.15. The molecule has 0 aliphatic carbocycles. The van der Waals surface area contributed by atoms with Crippen LogP contribution in [-0.4, -0.2) is 12.8 Å². The van der Waals surface area contributed by atoms with Crippen molar-refractivity contribution in [2.45, 2.75) is 26.7 Å². The maximum absolute atomic E-state index is 4.72. The van der Waals surface area contributed by atoms with E-state index in [4.69, 9.17) is 4.84 Å². The highest BCUT2D eigenvalue weighted by atomic mass is 16.6. The Bertz CT molecular complexity index is 312. The number of nitrogens with zero attached hydrogens (tertiary/aromatic N) is 1. The van der Waals surface area contributed by atoms with E-state index >= 15 is 0 Å². The first-order valence-corrected chi connectivity index (χ1v) is 4.83. The van der Waals surface area contributed by atoms with Gasteiger partial charge < -0.3 is 4.84 Å². The number of oxime groups is 1. The van der Waals surface area contributed by atoms with Gasteiger partial charge in [-0.1, -0.05) is 43.3 Å². The van der Waals surface area contributed by atoms with Gasteiger partial charge in [0.05, 0.1) is 5.71 Å². The molecule has 0 heterocycles. The van der Waals surface area contributed by atoms with E-state index in [1.165, 1.54) is 5.56 Å². The molecule has 0 bridgehead atoms. The van der Waals surface area contributed by atoms with E-state index < -0.39 is 0 Å². The van der Waals surface area contributed by atoms with Crippen LogP contribution in [-0.2, 0) is 4.84 Å². The summed E-state index contributed by atoms with van der Waals surface area (Å²) in [6, 6.07) is 8.42. The Morgan fingerprint density at radius 1 is 1.21 bits per heavy atom. The highest BCUT2D eigenvalue weighted by molar-refractivity contribution is 5.98. The first-order chi connectivity index (χ1) is 6.65. The first kappa shape index (κ1) is 10.8. The summed E-state index contributed by atoms with van der Waals surface area (Å²) in [4.78, 5) is 4.72. The summed E-state index contributed by atoms with van der Waals surface area (Å²) in [7, 11) is 1.56. The highest BCUT2D eigenvalue weighted by Gasteiger charge is 2.00. The van der Waals surface area contributed by atoms with Gasteiger partial charge >= 0.3 is 0 Å². The lowest BCUT2D eigenvalue weighted by molar-refractivity contribution is 0.213. The fraction of sp³-hybridized carbons (Fsp3) is 0.417. The Labute approximate surface area is 85.6 Å². The van der Waals surface area contributed by atoms with Crippen LogP contribution in [0.25, 0.3) is 0 Å². The molecule has 0 aliphatic heterocycles. The van der Waals surface area contributed by atoms with Crippen molar-refractivity contribution in [2.24, 2.45) is 5.16 Å². The second-order valence-electron chi connectivity index (χ2n) is 3.64. The SMILES string of the molecule is CO/N=C(\C)c1ccc(C(C)C)cc1. The maximum atomic E-state index is 4.72. The topological polar surface area (TPSA) is 21.6 Å². The number of benzene rings is 1. The molecule has 0 saturated heterocycles. The van der Waals surface area contributed by atoms with Crippen molar-refractivity contribution in [1.82, 2.24) is 0 Å². The van der Waals surface area contributed by atoms with E-state index in [1.807, 2.05) is 6.92 Å². The van der Waals surface area contributed by atoms with Gasteiger partial charge in [-0.25, -0.2) is 0 Å². The maximum Gasteiger partial charge on any atom is 0.106 e. The molecule has 0 aliphatic rings. The molecule has 0 fully saturated rings. The molecule has 76 valence electrons. The second-order valence-corrected chi connectivity index (χ2v) is 3.64. The lowest BCUT2D eigenvalue weighted by Crippen LogP contribution is -1.96. The molecule has 0 amide bonds. The molecule has 1 rings (SSSR count). The zero-order valence-corrected chi connectivity index (χ0v) is 9.24. The van der Waals surface area contributed by atoms with Crippen molar-refractivity contribution in [3.05, 3.63) is 35.4 Å². The van der Waals surface area contributed by atoms with Crippen molar-refractivity contribution in [1.29, 1.82) is 0 Å². The molecule has 0 atom stereocenters. The molecule has 1 aromatic rings. The number of hydrogen-bond donors (Lipinski definition) is 0. The van der Waals surface area contributed by atoms with E-state index in [9.17, 15) is 0 Å². The molecule has 2 heteroatoms. The van der Waals surface area contributed by atoms with E-state index in [0.29, 0.717) is 5.92 Å². The Morgan fingerprint density at radius 3 is 2.21 bits per heavy atom. The fourth-order valence-corrected chi connectivity index (χ4v) is 1.30. The third-order valence-corrected chi connectivity index (χ3v) is 2.22. The smallest absolute Gasteiger partial charge is 0.106 e. The summed E-state index contributed by atoms with van der Waals surface area (Å²) in [5.74, 6) is 0.573. The van der Waals surface area contributed by atoms with Crippen LogP contribution in [0.15, 0.2) is 29.4 Å². The van der Waals surface area contributed by atoms with E-state index in [1.54, 1.807) is 7.11 Å². The molecule has 0 unspecified atom stereocenters. The van der Waals surface area contributed by atoms with Gasteiger partial charge in [0.2, 0.25) is 0 Å². The van der Waals surface area contributed by atoms with Crippen molar-refractivity contribution < 1.29 is 4.84 Å². The molecule has 0 spiro atoms. The molecule has 14 heavy (non-hydrogen) atoms. The van der Waals surface area contributed by atoms with Crippen LogP contribution < -0.4 is 0 Å². The summed E-state index contributed by atoms with van der Waals surface area (Å²) < 4.78 is 0. The van der Waals surface area contributed by atoms with Crippen LogP contribution in [0.3, 0.4) is 0 Å². The van der Waals surface area contributed by atoms with Crippen molar-refractivity contribution in [3.8, 4) is 0 Å². The third-order valence-electron chi connectivity index (χ3n) is 2.22. The van der Waals surface area contributed by atoms with Crippen LogP contribution in [0, 0.1) is 0 Å². The number of hydrogen-bond acceptors (Lipinski definition) is 2. The van der Waals surface area contributed by atoms with Gasteiger partial charge in [0.15, 0.2) is 0 Å². The molecule has 2 nitrogen and oxygen atoms in total. The van der Waals surface area contributed by atoms with Crippen LogP contribution in [0.1, 0.15) is 37.8 Å². The van der Waals surface area contributed by atoms with Gasteiger partial charge in [-0.15, -0.1) is 0 Å². The molecule has 0 saturated carbocycles. The predicted molar refractivity (Wildman–Crippen MR) is 59.8 cm³/mol. The molecular formula is C12H17NO. The zero-order valence-electron chi connectivity index (χ0n) is 9.24. The van der Waals surface area contributed by atoms with E-state index in [-0.39, 0.29) is 0 Å². The van der Waals surface area contributed by atoms with E-state index in [0.717, 1.165) is 11.3 Å². The van der Waals surface area contributed by atoms with Crippen molar-refractivity contribution in [2.75, 3.05) is 7.11 Å². The van der Waals surface area contributed by atoms with Crippen LogP contribution in [0.5, 0.6) is 0 Å². The molecule has 1 aromatic carbocycles. The average molecular weight is 191 g/mol. The van der Waals surface area contributed by atoms with Crippen molar-refractivity contribution >= 4 is 5.71 Å². The van der Waals surface area contributed by atoms with Gasteiger partial charge in [0, 0.05) is 0 Å². The van der Waals surface area contributed by atoms with Crippen LogP contribution in [0.4, 0.5) is 0 Å². The van der Waals surface area contributed by atoms with Gasteiger partial charge in [-0.05, 0) is 24.0 Å². The largest absolute Gasteiger partial charge is 0.399 e. The summed E-state index contributed by atoms with van der Waals surface area (Å²) >= 11 is 0. The molecule has 0 aromatic heterocycles. The lowest BCUT2D eigenvalue weighted by atomic mass is 10.0. The predicted octanol–water partition coefficient (Wildman–Crippen LogP) is 3.18. The summed E-state index contributed by atoms with van der Waals surface area (Å²) in [5.41, 5.74) is 3.36. The minimum atomic E-state index is 0.573. The monoisotopic (exact) mass is 191 g/mol. The van der Waals surface area contributed by atoms with Gasteiger partial charge in [-0.2, -0.15) is 0 Å². The summed E-state index contributed by atoms with van der Waals surface area (Å²) in [6.07, 6.45) is 0. The molecule has 0 N–H and O–H groups in total. The first-order valence-electron chi connectivity index (χ1n) is 4.83. The standard InChI is InChI=1S/C12H17NO/c1-9(2)11-5-7-12(8-6-11)10(3)13-14-4/h5-9H,1-4H3/b13-10+. The quantitative estimate of drug-likeness (QED) is 0.531. The van der Waals surface area contributed by atoms with Gasteiger partial charge in [0.25, 0.3) is 0 Å². The third kappa shape index (κ3) is 2.59. The average Bonchev–Trinajstić information content (AvgIpc) is 2.18. The lowest BCUT2D eigenvalue weighted by Gasteiger charge is -2.06. The molecule has 0 radical (unpaired) electrons. The fourth-order valence-electron chi connectivity index (χ4n) is 1.30. The normalized spacial score (nSPS) is 11.9. The van der Waals surface area contributed by atoms with Crippen molar-refractivity contribution in [3.63, 3.8) is 0 Å². The van der Waals surface area contributed by atoms with Gasteiger partial charge in [-0.3, -0.25) is 0 Å². The Balaban J connectivity index is 2.88. The minimum absolute atomic E-state index is 0.573. The molecular weight excluding hydrogens is 174 g/mol. The van der Waals surface area contributed by atoms with E-state index in [2.05, 4.69) is 43.3 Å². The van der Waals surface area contributed by atoms with Crippen LogP contribution in [0.2, 0.25) is 0 Å².